The van der Waals surface area contributed by atoms with Crippen molar-refractivity contribution in [1.82, 2.24) is 0 Å². The van der Waals surface area contributed by atoms with Crippen molar-refractivity contribution >= 4 is 33.6 Å². The van der Waals surface area contributed by atoms with Crippen LogP contribution in [0.3, 0.4) is 0 Å². The van der Waals surface area contributed by atoms with Gasteiger partial charge in [0.2, 0.25) is 0 Å². The van der Waals surface area contributed by atoms with E-state index in [1.54, 1.807) is 0 Å². The third-order valence-electron chi connectivity index (χ3n) is 3.30. The number of nitrogens with zero attached hydrogens (tertiary/aromatic N) is 1. The fraction of sp³-hybridized carbons (Fsp3) is 0.214. The fourth-order valence-corrected chi connectivity index (χ4v) is 2.99. The minimum absolute atomic E-state index is 0.0349. The number of anilines is 2. The highest BCUT2D eigenvalue weighted by Crippen LogP contribution is 2.27. The van der Waals surface area contributed by atoms with Crippen LogP contribution < -0.4 is 10.6 Å². The molecule has 0 saturated carbocycles. The van der Waals surface area contributed by atoms with Gasteiger partial charge in [0.1, 0.15) is 0 Å². The van der Waals surface area contributed by atoms with E-state index >= 15 is 0 Å². The maximum atomic E-state index is 12.1. The van der Waals surface area contributed by atoms with Gasteiger partial charge in [-0.1, -0.05) is 17.4 Å². The average molecular weight is 303 g/mol. The van der Waals surface area contributed by atoms with Crippen LogP contribution in [0.1, 0.15) is 21.7 Å². The van der Waals surface area contributed by atoms with Crippen molar-refractivity contribution in [3.8, 4) is 0 Å². The summed E-state index contributed by atoms with van der Waals surface area (Å²) in [5, 5.41) is 16.7. The van der Waals surface area contributed by atoms with E-state index < -0.39 is 4.92 Å². The molecule has 0 radical (unpaired) electrons. The van der Waals surface area contributed by atoms with Gasteiger partial charge in [-0.3, -0.25) is 14.9 Å². The Morgan fingerprint density at radius 3 is 2.95 bits per heavy atom. The number of hydrogen-bond donors (Lipinski definition) is 2. The van der Waals surface area contributed by atoms with Crippen molar-refractivity contribution in [2.24, 2.45) is 0 Å². The zero-order chi connectivity index (χ0) is 14.8. The molecule has 2 aromatic rings. The van der Waals surface area contributed by atoms with Crippen LogP contribution in [0.2, 0.25) is 0 Å². The molecule has 2 heterocycles. The molecule has 1 amide bonds. The number of carbonyl (C=O) groups excluding carboxylic acids is 1. The number of nitrogens with one attached hydrogen (secondary N) is 2. The fourth-order valence-electron chi connectivity index (χ4n) is 2.28. The second kappa shape index (κ2) is 5.53. The van der Waals surface area contributed by atoms with E-state index in [0.29, 0.717) is 10.6 Å². The van der Waals surface area contributed by atoms with Crippen molar-refractivity contribution in [1.29, 1.82) is 0 Å². The van der Waals surface area contributed by atoms with Gasteiger partial charge in [-0.2, -0.15) is 0 Å². The lowest BCUT2D eigenvalue weighted by molar-refractivity contribution is -0.380. The van der Waals surface area contributed by atoms with Gasteiger partial charge >= 0.3 is 5.00 Å². The summed E-state index contributed by atoms with van der Waals surface area (Å²) >= 11 is 0.870. The molecule has 0 unspecified atom stereocenters. The van der Waals surface area contributed by atoms with Crippen LogP contribution in [0.5, 0.6) is 0 Å². The van der Waals surface area contributed by atoms with Crippen LogP contribution in [0, 0.1) is 10.1 Å². The van der Waals surface area contributed by atoms with E-state index in [1.165, 1.54) is 17.7 Å². The summed E-state index contributed by atoms with van der Waals surface area (Å²) in [5.41, 5.74) is 2.96. The largest absolute Gasteiger partial charge is 0.385 e. The van der Waals surface area contributed by atoms with E-state index in [2.05, 4.69) is 10.6 Å². The molecule has 0 spiro atoms. The zero-order valence-electron chi connectivity index (χ0n) is 11.1. The first kappa shape index (κ1) is 13.6. The summed E-state index contributed by atoms with van der Waals surface area (Å²) in [5.74, 6) is -0.330. The summed E-state index contributed by atoms with van der Waals surface area (Å²) in [6.45, 7) is 0.932. The van der Waals surface area contributed by atoms with Crippen molar-refractivity contribution in [3.05, 3.63) is 50.9 Å². The number of amides is 1. The van der Waals surface area contributed by atoms with Crippen LogP contribution in [0.25, 0.3) is 0 Å². The number of fused-ring (bicyclic) bond motifs is 1. The molecule has 1 aromatic carbocycles. The summed E-state index contributed by atoms with van der Waals surface area (Å²) in [6, 6.07) is 8.55. The van der Waals surface area contributed by atoms with Gasteiger partial charge in [0.15, 0.2) is 0 Å². The predicted octanol–water partition coefficient (Wildman–Crippen LogP) is 3.27. The number of thiophene rings is 1. The van der Waals surface area contributed by atoms with Crippen molar-refractivity contribution in [2.75, 3.05) is 17.2 Å². The number of aryl methyl sites for hydroxylation is 1. The second-order valence-electron chi connectivity index (χ2n) is 4.75. The normalized spacial score (nSPS) is 13.1. The van der Waals surface area contributed by atoms with Gasteiger partial charge in [-0.05, 0) is 36.6 Å². The summed E-state index contributed by atoms with van der Waals surface area (Å²) in [7, 11) is 0. The van der Waals surface area contributed by atoms with Crippen LogP contribution in [0.15, 0.2) is 30.3 Å². The lowest BCUT2D eigenvalue weighted by atomic mass is 10.0. The van der Waals surface area contributed by atoms with Gasteiger partial charge in [-0.25, -0.2) is 0 Å². The van der Waals surface area contributed by atoms with Crippen LogP contribution in [-0.2, 0) is 6.42 Å². The molecule has 1 aliphatic heterocycles. The van der Waals surface area contributed by atoms with Crippen LogP contribution in [-0.4, -0.2) is 17.4 Å². The minimum Gasteiger partial charge on any atom is -0.385 e. The van der Waals surface area contributed by atoms with E-state index in [4.69, 9.17) is 0 Å². The Morgan fingerprint density at radius 1 is 1.33 bits per heavy atom. The SMILES string of the molecule is O=C(Nc1ccc2c(c1)NCCC2)c1ccc([N+](=O)[O-])s1. The maximum Gasteiger partial charge on any atom is 0.324 e. The highest BCUT2D eigenvalue weighted by Gasteiger charge is 2.16. The Labute approximate surface area is 124 Å². The third-order valence-corrected chi connectivity index (χ3v) is 4.34. The first-order valence-electron chi connectivity index (χ1n) is 6.56. The van der Waals surface area contributed by atoms with Crippen molar-refractivity contribution < 1.29 is 9.72 Å². The molecule has 21 heavy (non-hydrogen) atoms. The number of hydrogen-bond acceptors (Lipinski definition) is 5. The molecule has 0 atom stereocenters. The minimum atomic E-state index is -0.496. The molecule has 0 fully saturated rings. The van der Waals surface area contributed by atoms with E-state index in [-0.39, 0.29) is 10.9 Å². The van der Waals surface area contributed by atoms with Gasteiger partial charge < -0.3 is 10.6 Å². The summed E-state index contributed by atoms with van der Waals surface area (Å²) < 4.78 is 0. The maximum absolute atomic E-state index is 12.1. The number of benzene rings is 1. The van der Waals surface area contributed by atoms with Gasteiger partial charge in [0.05, 0.1) is 9.80 Å². The number of nitro groups is 1. The van der Waals surface area contributed by atoms with Gasteiger partial charge in [-0.15, -0.1) is 0 Å². The molecule has 6 nitrogen and oxygen atoms in total. The molecule has 108 valence electrons. The van der Waals surface area contributed by atoms with E-state index in [0.717, 1.165) is 36.4 Å². The van der Waals surface area contributed by atoms with E-state index in [9.17, 15) is 14.9 Å². The second-order valence-corrected chi connectivity index (χ2v) is 5.81. The molecule has 7 heteroatoms. The summed E-state index contributed by atoms with van der Waals surface area (Å²) in [4.78, 5) is 22.5. The molecule has 0 saturated heterocycles. The molecule has 0 aliphatic carbocycles. The molecular formula is C14H13N3O3S. The lowest BCUT2D eigenvalue weighted by Crippen LogP contribution is -2.14. The Kier molecular flexibility index (Phi) is 3.57. The third kappa shape index (κ3) is 2.87. The Balaban J connectivity index is 1.76. The van der Waals surface area contributed by atoms with Crippen LogP contribution >= 0.6 is 11.3 Å². The quantitative estimate of drug-likeness (QED) is 0.673. The molecule has 0 bridgehead atoms. The lowest BCUT2D eigenvalue weighted by Gasteiger charge is -2.18. The molecule has 2 N–H and O–H groups in total. The number of carbonyl (C=O) groups is 1. The highest BCUT2D eigenvalue weighted by atomic mass is 32.1. The topological polar surface area (TPSA) is 84.3 Å². The highest BCUT2D eigenvalue weighted by molar-refractivity contribution is 7.17. The Bertz CT molecular complexity index is 711. The van der Waals surface area contributed by atoms with Crippen molar-refractivity contribution in [3.63, 3.8) is 0 Å². The predicted molar refractivity (Wildman–Crippen MR) is 82.2 cm³/mol. The number of rotatable bonds is 3. The standard InChI is InChI=1S/C14H13N3O3S/c18-14(12-5-6-13(21-12)17(19)20)16-10-4-3-9-2-1-7-15-11(9)8-10/h3-6,8,15H,1-2,7H2,(H,16,18). The Morgan fingerprint density at radius 2 is 2.19 bits per heavy atom. The monoisotopic (exact) mass is 303 g/mol. The van der Waals surface area contributed by atoms with Gasteiger partial charge in [0, 0.05) is 24.0 Å². The molecular weight excluding hydrogens is 290 g/mol. The molecule has 3 rings (SSSR count). The first-order valence-corrected chi connectivity index (χ1v) is 7.37. The van der Waals surface area contributed by atoms with Crippen LogP contribution in [0.4, 0.5) is 16.4 Å². The van der Waals surface area contributed by atoms with E-state index in [1.807, 2.05) is 18.2 Å². The zero-order valence-corrected chi connectivity index (χ0v) is 11.9. The Hall–Kier alpha value is -2.41. The summed E-state index contributed by atoms with van der Waals surface area (Å²) in [6.07, 6.45) is 2.14. The smallest absolute Gasteiger partial charge is 0.324 e. The molecule has 1 aromatic heterocycles. The van der Waals surface area contributed by atoms with Gasteiger partial charge in [0.25, 0.3) is 5.91 Å². The average Bonchev–Trinajstić information content (AvgIpc) is 2.97. The molecule has 1 aliphatic rings. The first-order chi connectivity index (χ1) is 10.1. The van der Waals surface area contributed by atoms with Crippen molar-refractivity contribution in [2.45, 2.75) is 12.8 Å².